The molecule has 1 saturated heterocycles. The average molecular weight is 521 g/mol. The highest BCUT2D eigenvalue weighted by atomic mass is 35.5. The third kappa shape index (κ3) is 5.72. The van der Waals surface area contributed by atoms with E-state index in [1.165, 1.54) is 12.1 Å². The zero-order valence-corrected chi connectivity index (χ0v) is 21.2. The highest BCUT2D eigenvalue weighted by Crippen LogP contribution is 2.31. The third-order valence-electron chi connectivity index (χ3n) is 6.09. The van der Waals surface area contributed by atoms with Crippen LogP contribution in [0.5, 0.6) is 0 Å². The molecule has 1 fully saturated rings. The van der Waals surface area contributed by atoms with Crippen LogP contribution in [0.2, 0.25) is 5.02 Å². The van der Waals surface area contributed by atoms with Crippen LogP contribution in [0.25, 0.3) is 0 Å². The first-order valence-electron chi connectivity index (χ1n) is 11.6. The number of piperazine rings is 1. The van der Waals surface area contributed by atoms with Gasteiger partial charge in [0.2, 0.25) is 17.8 Å². The van der Waals surface area contributed by atoms with Gasteiger partial charge in [-0.15, -0.1) is 0 Å². The van der Waals surface area contributed by atoms with E-state index in [-0.39, 0.29) is 18.0 Å². The van der Waals surface area contributed by atoms with Crippen LogP contribution in [0.1, 0.15) is 26.3 Å². The maximum atomic E-state index is 12.9. The van der Waals surface area contributed by atoms with Crippen molar-refractivity contribution in [2.24, 2.45) is 0 Å². The lowest BCUT2D eigenvalue weighted by Crippen LogP contribution is -2.53. The van der Waals surface area contributed by atoms with Crippen molar-refractivity contribution >= 4 is 41.0 Å². The maximum absolute atomic E-state index is 12.9. The lowest BCUT2D eigenvalue weighted by Gasteiger charge is -2.40. The van der Waals surface area contributed by atoms with Gasteiger partial charge in [0.25, 0.3) is 0 Å². The van der Waals surface area contributed by atoms with Gasteiger partial charge in [0.15, 0.2) is 0 Å². The molecule has 8 nitrogen and oxygen atoms in total. The Kier molecular flexibility index (Phi) is 7.39. The van der Waals surface area contributed by atoms with Crippen molar-refractivity contribution in [3.8, 4) is 0 Å². The summed E-state index contributed by atoms with van der Waals surface area (Å²) < 4.78 is 38.8. The van der Waals surface area contributed by atoms with E-state index in [9.17, 15) is 13.2 Å². The molecule has 0 aliphatic carbocycles. The molecule has 3 heterocycles. The molecule has 1 N–H and O–H groups in total. The highest BCUT2D eigenvalue weighted by Gasteiger charge is 2.30. The first kappa shape index (κ1) is 25.7. The predicted octanol–water partition coefficient (Wildman–Crippen LogP) is 5.24. The molecule has 1 aliphatic rings. The van der Waals surface area contributed by atoms with Crippen LogP contribution in [0, 0.1) is 0 Å². The van der Waals surface area contributed by atoms with Gasteiger partial charge >= 0.3 is 6.18 Å². The van der Waals surface area contributed by atoms with Gasteiger partial charge < -0.3 is 20.0 Å². The van der Waals surface area contributed by atoms with Crippen molar-refractivity contribution in [3.63, 3.8) is 0 Å². The lowest BCUT2D eigenvalue weighted by atomic mass is 10.2. The van der Waals surface area contributed by atoms with Gasteiger partial charge in [-0.05, 0) is 57.2 Å². The number of hydrogen-bond donors (Lipinski definition) is 1. The van der Waals surface area contributed by atoms with Crippen molar-refractivity contribution < 1.29 is 13.2 Å². The second kappa shape index (κ2) is 10.3. The van der Waals surface area contributed by atoms with Crippen molar-refractivity contribution in [1.82, 2.24) is 19.9 Å². The number of anilines is 5. The van der Waals surface area contributed by atoms with Crippen molar-refractivity contribution in [2.75, 3.05) is 46.7 Å². The number of aromatic nitrogens is 4. The van der Waals surface area contributed by atoms with Crippen LogP contribution in [0.3, 0.4) is 0 Å². The molecule has 192 valence electrons. The lowest BCUT2D eigenvalue weighted by molar-refractivity contribution is -0.137. The standard InChI is InChI=1S/C24H28ClF3N8/c1-15(2)34(4)22-31-21(30-18-9-7-17(8-10-18)24(26,27)28)32-23(33-22)36-13-12-35(14-16(36)3)20-19(25)6-5-11-29-20/h5-11,15-16H,12-14H2,1-4H3,(H,30,31,32,33)/t16-/m1/s1. The Balaban J connectivity index is 1.60. The van der Waals surface area contributed by atoms with Gasteiger partial charge in [0, 0.05) is 50.6 Å². The Bertz CT molecular complexity index is 1190. The van der Waals surface area contributed by atoms with E-state index >= 15 is 0 Å². The van der Waals surface area contributed by atoms with Crippen molar-refractivity contribution in [3.05, 3.63) is 53.2 Å². The average Bonchev–Trinajstić information content (AvgIpc) is 2.83. The third-order valence-corrected chi connectivity index (χ3v) is 6.39. The monoisotopic (exact) mass is 520 g/mol. The van der Waals surface area contributed by atoms with Crippen LogP contribution in [-0.4, -0.2) is 58.7 Å². The normalized spacial score (nSPS) is 16.4. The summed E-state index contributed by atoms with van der Waals surface area (Å²) in [6.07, 6.45) is -2.68. The van der Waals surface area contributed by atoms with Gasteiger partial charge in [0.05, 0.1) is 10.6 Å². The zero-order chi connectivity index (χ0) is 26.0. The summed E-state index contributed by atoms with van der Waals surface area (Å²) in [4.78, 5) is 24.4. The molecule has 0 unspecified atom stereocenters. The van der Waals surface area contributed by atoms with Crippen molar-refractivity contribution in [1.29, 1.82) is 0 Å². The molecular weight excluding hydrogens is 493 g/mol. The number of alkyl halides is 3. The molecule has 36 heavy (non-hydrogen) atoms. The van der Waals surface area contributed by atoms with Crippen LogP contribution in [0.15, 0.2) is 42.6 Å². The van der Waals surface area contributed by atoms with Crippen LogP contribution in [-0.2, 0) is 6.18 Å². The number of pyridine rings is 1. The summed E-state index contributed by atoms with van der Waals surface area (Å²) in [5.41, 5.74) is -0.273. The number of halogens is 4. The van der Waals surface area contributed by atoms with Gasteiger partial charge in [0.1, 0.15) is 5.82 Å². The summed E-state index contributed by atoms with van der Waals surface area (Å²) >= 11 is 6.35. The van der Waals surface area contributed by atoms with Gasteiger partial charge in [-0.3, -0.25) is 0 Å². The summed E-state index contributed by atoms with van der Waals surface area (Å²) in [6, 6.07) is 8.54. The van der Waals surface area contributed by atoms with Crippen LogP contribution in [0.4, 0.5) is 42.5 Å². The molecule has 1 atom stereocenters. The molecule has 0 spiro atoms. The number of hydrogen-bond acceptors (Lipinski definition) is 8. The number of nitrogens with zero attached hydrogens (tertiary/aromatic N) is 7. The van der Waals surface area contributed by atoms with E-state index in [4.69, 9.17) is 16.6 Å². The Morgan fingerprint density at radius 2 is 1.81 bits per heavy atom. The fourth-order valence-corrected chi connectivity index (χ4v) is 4.10. The summed E-state index contributed by atoms with van der Waals surface area (Å²) in [7, 11) is 1.89. The molecule has 12 heteroatoms. The SMILES string of the molecule is CC(C)N(C)c1nc(Nc2ccc(C(F)(F)F)cc2)nc(N2CCN(c3ncccc3Cl)C[C@H]2C)n1. The minimum atomic E-state index is -4.40. The molecular formula is C24H28ClF3N8. The number of benzene rings is 1. The molecule has 4 rings (SSSR count). The minimum Gasteiger partial charge on any atom is -0.352 e. The smallest absolute Gasteiger partial charge is 0.352 e. The molecule has 1 aromatic carbocycles. The van der Waals surface area contributed by atoms with Gasteiger partial charge in [-0.1, -0.05) is 11.6 Å². The fraction of sp³-hybridized carbons (Fsp3) is 0.417. The van der Waals surface area contributed by atoms with Gasteiger partial charge in [-0.2, -0.15) is 28.1 Å². The Morgan fingerprint density at radius 3 is 2.42 bits per heavy atom. The second-order valence-electron chi connectivity index (χ2n) is 8.96. The van der Waals surface area contributed by atoms with Crippen LogP contribution < -0.4 is 20.0 Å². The molecule has 3 aromatic rings. The van der Waals surface area contributed by atoms with E-state index < -0.39 is 11.7 Å². The molecule has 0 bridgehead atoms. The summed E-state index contributed by atoms with van der Waals surface area (Å²) in [6.45, 7) is 8.07. The first-order chi connectivity index (χ1) is 17.0. The Morgan fingerprint density at radius 1 is 1.08 bits per heavy atom. The van der Waals surface area contributed by atoms with E-state index in [0.29, 0.717) is 42.2 Å². The second-order valence-corrected chi connectivity index (χ2v) is 9.37. The van der Waals surface area contributed by atoms with Crippen LogP contribution >= 0.6 is 11.6 Å². The first-order valence-corrected chi connectivity index (χ1v) is 12.0. The Labute approximate surface area is 213 Å². The van der Waals surface area contributed by atoms with E-state index in [1.807, 2.05) is 31.9 Å². The number of nitrogens with one attached hydrogen (secondary N) is 1. The molecule has 2 aromatic heterocycles. The summed E-state index contributed by atoms with van der Waals surface area (Å²) in [5, 5.41) is 3.63. The topological polar surface area (TPSA) is 73.3 Å². The highest BCUT2D eigenvalue weighted by molar-refractivity contribution is 6.32. The Hall–Kier alpha value is -3.34. The molecule has 0 radical (unpaired) electrons. The maximum Gasteiger partial charge on any atom is 0.416 e. The van der Waals surface area contributed by atoms with Gasteiger partial charge in [-0.25, -0.2) is 4.98 Å². The molecule has 0 saturated carbocycles. The number of rotatable bonds is 6. The molecule has 1 aliphatic heterocycles. The predicted molar refractivity (Wildman–Crippen MR) is 136 cm³/mol. The minimum absolute atomic E-state index is 0.0374. The van der Waals surface area contributed by atoms with E-state index in [2.05, 4.69) is 37.0 Å². The fourth-order valence-electron chi connectivity index (χ4n) is 3.86. The van der Waals surface area contributed by atoms with E-state index in [1.54, 1.807) is 12.3 Å². The van der Waals surface area contributed by atoms with E-state index in [0.717, 1.165) is 18.0 Å². The molecule has 0 amide bonds. The van der Waals surface area contributed by atoms with Crippen molar-refractivity contribution in [2.45, 2.75) is 39.0 Å². The quantitative estimate of drug-likeness (QED) is 0.473. The largest absolute Gasteiger partial charge is 0.416 e. The zero-order valence-electron chi connectivity index (χ0n) is 20.5. The summed E-state index contributed by atoms with van der Waals surface area (Å²) in [5.74, 6) is 1.95.